The summed E-state index contributed by atoms with van der Waals surface area (Å²) in [6, 6.07) is 2.34. The molecule has 6 nitrogen and oxygen atoms in total. The van der Waals surface area contributed by atoms with Gasteiger partial charge in [-0.2, -0.15) is 0 Å². The second-order valence-electron chi connectivity index (χ2n) is 2.77. The Morgan fingerprint density at radius 1 is 1.57 bits per heavy atom. The van der Waals surface area contributed by atoms with E-state index in [2.05, 4.69) is 0 Å². The van der Waals surface area contributed by atoms with E-state index in [1.807, 2.05) is 0 Å². The summed E-state index contributed by atoms with van der Waals surface area (Å²) in [6.07, 6.45) is 0. The fourth-order valence-electron chi connectivity index (χ4n) is 1.13. The van der Waals surface area contributed by atoms with Crippen LogP contribution in [0.3, 0.4) is 0 Å². The van der Waals surface area contributed by atoms with Gasteiger partial charge in [0.2, 0.25) is 0 Å². The topological polar surface area (TPSA) is 106 Å². The van der Waals surface area contributed by atoms with E-state index in [0.29, 0.717) is 0 Å². The SMILES string of the molecule is Cc1c(C(=O)O)cc(N)cc1[N+](=O)[O-]. The molecular formula is C8H8N2O4. The van der Waals surface area contributed by atoms with Crippen molar-refractivity contribution in [2.75, 3.05) is 5.73 Å². The molecule has 0 aromatic heterocycles. The third-order valence-corrected chi connectivity index (χ3v) is 1.83. The van der Waals surface area contributed by atoms with Crippen LogP contribution in [0.25, 0.3) is 0 Å². The predicted octanol–water partition coefficient (Wildman–Crippen LogP) is 1.18. The van der Waals surface area contributed by atoms with Crippen molar-refractivity contribution >= 4 is 17.3 Å². The van der Waals surface area contributed by atoms with Gasteiger partial charge in [-0.15, -0.1) is 0 Å². The molecule has 0 bridgehead atoms. The Morgan fingerprint density at radius 2 is 2.14 bits per heavy atom. The van der Waals surface area contributed by atoms with Gasteiger partial charge in [0.05, 0.1) is 10.5 Å². The molecule has 0 heterocycles. The van der Waals surface area contributed by atoms with Gasteiger partial charge in [0, 0.05) is 17.3 Å². The largest absolute Gasteiger partial charge is 0.478 e. The molecule has 0 saturated heterocycles. The highest BCUT2D eigenvalue weighted by Crippen LogP contribution is 2.24. The van der Waals surface area contributed by atoms with Crippen molar-refractivity contribution in [1.29, 1.82) is 0 Å². The van der Waals surface area contributed by atoms with Crippen LogP contribution in [0.1, 0.15) is 15.9 Å². The molecule has 6 heteroatoms. The number of carboxylic acids is 1. The molecule has 0 saturated carbocycles. The number of aromatic carboxylic acids is 1. The molecule has 3 N–H and O–H groups in total. The highest BCUT2D eigenvalue weighted by atomic mass is 16.6. The van der Waals surface area contributed by atoms with Gasteiger partial charge in [0.25, 0.3) is 5.69 Å². The van der Waals surface area contributed by atoms with Crippen LogP contribution in [0.2, 0.25) is 0 Å². The molecule has 1 rings (SSSR count). The molecule has 74 valence electrons. The lowest BCUT2D eigenvalue weighted by molar-refractivity contribution is -0.385. The first-order valence-electron chi connectivity index (χ1n) is 3.71. The minimum absolute atomic E-state index is 0.0692. The van der Waals surface area contributed by atoms with Gasteiger partial charge in [0.15, 0.2) is 0 Å². The van der Waals surface area contributed by atoms with Crippen molar-refractivity contribution in [2.45, 2.75) is 6.92 Å². The Morgan fingerprint density at radius 3 is 2.57 bits per heavy atom. The van der Waals surface area contributed by atoms with E-state index in [1.165, 1.54) is 13.0 Å². The molecule has 0 radical (unpaired) electrons. The molecular weight excluding hydrogens is 188 g/mol. The highest BCUT2D eigenvalue weighted by Gasteiger charge is 2.18. The van der Waals surface area contributed by atoms with Crippen LogP contribution in [0.4, 0.5) is 11.4 Å². The molecule has 1 aromatic carbocycles. The van der Waals surface area contributed by atoms with Crippen molar-refractivity contribution in [1.82, 2.24) is 0 Å². The van der Waals surface area contributed by atoms with Crippen molar-refractivity contribution in [2.24, 2.45) is 0 Å². The summed E-state index contributed by atoms with van der Waals surface area (Å²) < 4.78 is 0. The minimum atomic E-state index is -1.22. The summed E-state index contributed by atoms with van der Waals surface area (Å²) in [5, 5.41) is 19.2. The third-order valence-electron chi connectivity index (χ3n) is 1.83. The van der Waals surface area contributed by atoms with Crippen molar-refractivity contribution in [3.63, 3.8) is 0 Å². The van der Waals surface area contributed by atoms with Crippen LogP contribution >= 0.6 is 0 Å². The van der Waals surface area contributed by atoms with Crippen LogP contribution in [-0.4, -0.2) is 16.0 Å². The van der Waals surface area contributed by atoms with Crippen LogP contribution < -0.4 is 5.73 Å². The lowest BCUT2D eigenvalue weighted by Crippen LogP contribution is -2.04. The number of anilines is 1. The molecule has 0 amide bonds. The van der Waals surface area contributed by atoms with E-state index >= 15 is 0 Å². The van der Waals surface area contributed by atoms with Crippen LogP contribution in [0, 0.1) is 17.0 Å². The molecule has 0 spiro atoms. The monoisotopic (exact) mass is 196 g/mol. The molecule has 0 atom stereocenters. The zero-order valence-electron chi connectivity index (χ0n) is 7.35. The second-order valence-corrected chi connectivity index (χ2v) is 2.77. The maximum absolute atomic E-state index is 10.7. The molecule has 0 aliphatic heterocycles. The number of carbonyl (C=O) groups is 1. The third kappa shape index (κ3) is 1.63. The Balaban J connectivity index is 3.47. The van der Waals surface area contributed by atoms with E-state index in [9.17, 15) is 14.9 Å². The first-order valence-corrected chi connectivity index (χ1v) is 3.71. The molecule has 1 aromatic rings. The zero-order valence-corrected chi connectivity index (χ0v) is 7.35. The van der Waals surface area contributed by atoms with Gasteiger partial charge < -0.3 is 10.8 Å². The number of nitrogen functional groups attached to an aromatic ring is 1. The van der Waals surface area contributed by atoms with Gasteiger partial charge in [-0.25, -0.2) is 4.79 Å². The fraction of sp³-hybridized carbons (Fsp3) is 0.125. The summed E-state index contributed by atoms with van der Waals surface area (Å²) >= 11 is 0. The lowest BCUT2D eigenvalue weighted by atomic mass is 10.1. The van der Waals surface area contributed by atoms with Crippen molar-refractivity contribution in [3.05, 3.63) is 33.4 Å². The van der Waals surface area contributed by atoms with Gasteiger partial charge in [-0.3, -0.25) is 10.1 Å². The van der Waals surface area contributed by atoms with Crippen molar-refractivity contribution < 1.29 is 14.8 Å². The van der Waals surface area contributed by atoms with E-state index in [1.54, 1.807) is 0 Å². The normalized spacial score (nSPS) is 9.79. The maximum atomic E-state index is 10.7. The van der Waals surface area contributed by atoms with Gasteiger partial charge in [-0.05, 0) is 13.0 Å². The Kier molecular flexibility index (Phi) is 2.37. The summed E-state index contributed by atoms with van der Waals surface area (Å²) in [5.41, 5.74) is 5.10. The van der Waals surface area contributed by atoms with E-state index < -0.39 is 10.9 Å². The molecule has 14 heavy (non-hydrogen) atoms. The summed E-state index contributed by atoms with van der Waals surface area (Å²) in [7, 11) is 0. The van der Waals surface area contributed by atoms with E-state index in [0.717, 1.165) is 6.07 Å². The number of nitrogens with two attached hydrogens (primary N) is 1. The van der Waals surface area contributed by atoms with Crippen molar-refractivity contribution in [3.8, 4) is 0 Å². The van der Waals surface area contributed by atoms with Gasteiger partial charge >= 0.3 is 5.97 Å². The molecule has 0 aliphatic rings. The Hall–Kier alpha value is -2.11. The summed E-state index contributed by atoms with van der Waals surface area (Å²) in [4.78, 5) is 20.5. The first kappa shape index (κ1) is 9.97. The number of hydrogen-bond donors (Lipinski definition) is 2. The van der Waals surface area contributed by atoms with Gasteiger partial charge in [0.1, 0.15) is 0 Å². The number of hydrogen-bond acceptors (Lipinski definition) is 4. The second kappa shape index (κ2) is 3.33. The van der Waals surface area contributed by atoms with Crippen LogP contribution in [0.5, 0.6) is 0 Å². The number of rotatable bonds is 2. The Bertz CT molecular complexity index is 379. The number of nitro groups is 1. The van der Waals surface area contributed by atoms with Crippen LogP contribution in [0.15, 0.2) is 12.1 Å². The van der Waals surface area contributed by atoms with E-state index in [-0.39, 0.29) is 22.5 Å². The molecule has 0 unspecified atom stereocenters. The number of nitro benzene ring substituents is 1. The first-order chi connectivity index (χ1) is 6.43. The smallest absolute Gasteiger partial charge is 0.336 e. The average molecular weight is 196 g/mol. The minimum Gasteiger partial charge on any atom is -0.478 e. The van der Waals surface area contributed by atoms with Gasteiger partial charge in [-0.1, -0.05) is 0 Å². The maximum Gasteiger partial charge on any atom is 0.336 e. The molecule has 0 fully saturated rings. The standard InChI is InChI=1S/C8H8N2O4/c1-4-6(8(11)12)2-5(9)3-7(4)10(13)14/h2-3H,9H2,1H3,(H,11,12). The Labute approximate surface area is 79.1 Å². The average Bonchev–Trinajstić information content (AvgIpc) is 2.07. The quantitative estimate of drug-likeness (QED) is 0.419. The predicted molar refractivity (Wildman–Crippen MR) is 49.2 cm³/mol. The zero-order chi connectivity index (χ0) is 10.9. The number of benzene rings is 1. The highest BCUT2D eigenvalue weighted by molar-refractivity contribution is 5.92. The van der Waals surface area contributed by atoms with Crippen LogP contribution in [-0.2, 0) is 0 Å². The fourth-order valence-corrected chi connectivity index (χ4v) is 1.13. The summed E-state index contributed by atoms with van der Waals surface area (Å²) in [6.45, 7) is 1.38. The van der Waals surface area contributed by atoms with E-state index in [4.69, 9.17) is 10.8 Å². The summed E-state index contributed by atoms with van der Waals surface area (Å²) in [5.74, 6) is -1.22. The number of carboxylic acid groups (broad SMARTS) is 1. The number of nitrogens with zero attached hydrogens (tertiary/aromatic N) is 1. The molecule has 0 aliphatic carbocycles. The lowest BCUT2D eigenvalue weighted by Gasteiger charge is -2.03.